The molecule has 2 fully saturated rings. The molecule has 160 valence electrons. The van der Waals surface area contributed by atoms with Gasteiger partial charge in [0.25, 0.3) is 0 Å². The van der Waals surface area contributed by atoms with Crippen LogP contribution in [0.4, 0.5) is 5.82 Å². The van der Waals surface area contributed by atoms with Gasteiger partial charge in [-0.05, 0) is 64.0 Å². The number of carbonyl (C=O) groups is 1. The van der Waals surface area contributed by atoms with E-state index >= 15 is 0 Å². The summed E-state index contributed by atoms with van der Waals surface area (Å²) in [6.07, 6.45) is 11.1. The van der Waals surface area contributed by atoms with E-state index in [4.69, 9.17) is 9.97 Å². The largest absolute Gasteiger partial charge is 0.366 e. The number of aromatic nitrogens is 4. The molecule has 0 atom stereocenters. The van der Waals surface area contributed by atoms with Crippen LogP contribution in [0.3, 0.4) is 0 Å². The van der Waals surface area contributed by atoms with E-state index in [1.807, 2.05) is 18.2 Å². The van der Waals surface area contributed by atoms with Crippen LogP contribution in [0.15, 0.2) is 36.8 Å². The standard InChI is InChI=1S/C24H28N6O/c1-30-9-7-18(8-10-30)27-24-15-25-14-22(29-24)20-6-5-17-13-26-19(11-21(17)28-20)12-23(31)16-3-2-4-16/h5-6,11,13-16,18H,2-4,7-10,12H2,1H3,(H,27,29). The Hall–Kier alpha value is -2.93. The Labute approximate surface area is 182 Å². The van der Waals surface area contributed by atoms with Crippen LogP contribution in [0.1, 0.15) is 37.8 Å². The molecule has 3 aromatic heterocycles. The smallest absolute Gasteiger partial charge is 0.145 e. The fraction of sp³-hybridized carbons (Fsp3) is 0.458. The number of likely N-dealkylation sites (tertiary alicyclic amines) is 1. The Kier molecular flexibility index (Phi) is 5.59. The number of pyridine rings is 2. The predicted molar refractivity (Wildman–Crippen MR) is 121 cm³/mol. The average molecular weight is 417 g/mol. The highest BCUT2D eigenvalue weighted by atomic mass is 16.1. The molecule has 1 aliphatic heterocycles. The first-order chi connectivity index (χ1) is 15.1. The molecule has 0 aromatic carbocycles. The van der Waals surface area contributed by atoms with Gasteiger partial charge in [-0.3, -0.25) is 14.8 Å². The number of hydrogen-bond acceptors (Lipinski definition) is 7. The zero-order valence-electron chi connectivity index (χ0n) is 17.9. The van der Waals surface area contributed by atoms with Crippen molar-refractivity contribution in [3.8, 4) is 11.4 Å². The highest BCUT2D eigenvalue weighted by molar-refractivity contribution is 5.85. The summed E-state index contributed by atoms with van der Waals surface area (Å²) in [6.45, 7) is 2.19. The molecule has 0 spiro atoms. The number of piperidine rings is 1. The fourth-order valence-electron chi connectivity index (χ4n) is 4.27. The molecule has 1 saturated carbocycles. The quantitative estimate of drug-likeness (QED) is 0.658. The molecule has 0 amide bonds. The number of Topliss-reactive ketones (excluding diaryl/α,β-unsaturated/α-hetero) is 1. The van der Waals surface area contributed by atoms with Crippen molar-refractivity contribution in [1.29, 1.82) is 0 Å². The molecular formula is C24H28N6O. The second-order valence-corrected chi connectivity index (χ2v) is 8.85. The summed E-state index contributed by atoms with van der Waals surface area (Å²) in [4.78, 5) is 33.1. The molecule has 0 unspecified atom stereocenters. The van der Waals surface area contributed by atoms with Crippen molar-refractivity contribution in [1.82, 2.24) is 24.8 Å². The van der Waals surface area contributed by atoms with Gasteiger partial charge < -0.3 is 10.2 Å². The van der Waals surface area contributed by atoms with Crippen molar-refractivity contribution in [2.45, 2.75) is 44.6 Å². The Balaban J connectivity index is 1.35. The van der Waals surface area contributed by atoms with E-state index in [1.165, 1.54) is 6.42 Å². The van der Waals surface area contributed by atoms with Crippen LogP contribution >= 0.6 is 0 Å². The zero-order valence-corrected chi connectivity index (χ0v) is 17.9. The summed E-state index contributed by atoms with van der Waals surface area (Å²) in [6, 6.07) is 6.31. The first kappa shape index (κ1) is 20.0. The van der Waals surface area contributed by atoms with Crippen LogP contribution in [0.5, 0.6) is 0 Å². The number of rotatable bonds is 6. The topological polar surface area (TPSA) is 83.9 Å². The fourth-order valence-corrected chi connectivity index (χ4v) is 4.27. The third-order valence-electron chi connectivity index (χ3n) is 6.51. The van der Waals surface area contributed by atoms with Gasteiger partial charge >= 0.3 is 0 Å². The summed E-state index contributed by atoms with van der Waals surface area (Å²) in [5, 5.41) is 4.48. The number of hydrogen-bond donors (Lipinski definition) is 1. The van der Waals surface area contributed by atoms with E-state index in [0.717, 1.165) is 72.6 Å². The van der Waals surface area contributed by atoms with Gasteiger partial charge in [0, 0.05) is 35.7 Å². The average Bonchev–Trinajstić information content (AvgIpc) is 2.74. The molecule has 7 nitrogen and oxygen atoms in total. The van der Waals surface area contributed by atoms with E-state index in [2.05, 4.69) is 27.2 Å². The summed E-state index contributed by atoms with van der Waals surface area (Å²) in [5.74, 6) is 1.31. The van der Waals surface area contributed by atoms with Gasteiger partial charge in [-0.25, -0.2) is 9.97 Å². The number of fused-ring (bicyclic) bond motifs is 1. The molecule has 5 rings (SSSR count). The maximum atomic E-state index is 12.3. The molecule has 1 N–H and O–H groups in total. The molecule has 3 aromatic rings. The molecule has 7 heteroatoms. The SMILES string of the molecule is CN1CCC(Nc2cncc(-c3ccc4cnc(CC(=O)C5CCC5)cc4n3)n2)CC1. The molecule has 0 bridgehead atoms. The highest BCUT2D eigenvalue weighted by Gasteiger charge is 2.25. The first-order valence-corrected chi connectivity index (χ1v) is 11.2. The Morgan fingerprint density at radius 3 is 2.68 bits per heavy atom. The molecule has 1 aliphatic carbocycles. The van der Waals surface area contributed by atoms with Gasteiger partial charge in [0.15, 0.2) is 0 Å². The lowest BCUT2D eigenvalue weighted by atomic mass is 9.81. The van der Waals surface area contributed by atoms with Gasteiger partial charge in [-0.1, -0.05) is 6.42 Å². The summed E-state index contributed by atoms with van der Waals surface area (Å²) in [7, 11) is 2.16. The second kappa shape index (κ2) is 8.67. The first-order valence-electron chi connectivity index (χ1n) is 11.2. The Bertz CT molecular complexity index is 1090. The predicted octanol–water partition coefficient (Wildman–Crippen LogP) is 3.50. The van der Waals surface area contributed by atoms with Crippen molar-refractivity contribution >= 4 is 22.5 Å². The monoisotopic (exact) mass is 416 g/mol. The number of nitrogens with zero attached hydrogens (tertiary/aromatic N) is 5. The summed E-state index contributed by atoms with van der Waals surface area (Å²) in [5.41, 5.74) is 3.13. The molecular weight excluding hydrogens is 388 g/mol. The van der Waals surface area contributed by atoms with Gasteiger partial charge in [-0.15, -0.1) is 0 Å². The van der Waals surface area contributed by atoms with E-state index in [-0.39, 0.29) is 5.92 Å². The normalized spacial score (nSPS) is 18.1. The van der Waals surface area contributed by atoms with E-state index in [0.29, 0.717) is 18.2 Å². The Morgan fingerprint density at radius 2 is 1.90 bits per heavy atom. The van der Waals surface area contributed by atoms with Crippen LogP contribution in [0.2, 0.25) is 0 Å². The summed E-state index contributed by atoms with van der Waals surface area (Å²) < 4.78 is 0. The lowest BCUT2D eigenvalue weighted by Gasteiger charge is -2.29. The minimum absolute atomic E-state index is 0.229. The third-order valence-corrected chi connectivity index (χ3v) is 6.51. The van der Waals surface area contributed by atoms with Gasteiger partial charge in [0.05, 0.1) is 23.6 Å². The van der Waals surface area contributed by atoms with Crippen molar-refractivity contribution in [3.63, 3.8) is 0 Å². The van der Waals surface area contributed by atoms with Gasteiger partial charge in [0.1, 0.15) is 17.3 Å². The number of carbonyl (C=O) groups excluding carboxylic acids is 1. The van der Waals surface area contributed by atoms with Crippen molar-refractivity contribution in [2.24, 2.45) is 5.92 Å². The molecule has 31 heavy (non-hydrogen) atoms. The second-order valence-electron chi connectivity index (χ2n) is 8.85. The van der Waals surface area contributed by atoms with E-state index in [1.54, 1.807) is 18.6 Å². The number of anilines is 1. The lowest BCUT2D eigenvalue weighted by molar-refractivity contribution is -0.124. The van der Waals surface area contributed by atoms with Crippen molar-refractivity contribution in [2.75, 3.05) is 25.5 Å². The number of ketones is 1. The van der Waals surface area contributed by atoms with Crippen LogP contribution in [-0.2, 0) is 11.2 Å². The minimum atomic E-state index is 0.229. The molecule has 4 heterocycles. The van der Waals surface area contributed by atoms with E-state index in [9.17, 15) is 4.79 Å². The maximum Gasteiger partial charge on any atom is 0.145 e. The van der Waals surface area contributed by atoms with Crippen LogP contribution in [0.25, 0.3) is 22.3 Å². The molecule has 1 saturated heterocycles. The van der Waals surface area contributed by atoms with Crippen LogP contribution in [-0.4, -0.2) is 56.8 Å². The maximum absolute atomic E-state index is 12.3. The lowest BCUT2D eigenvalue weighted by Crippen LogP contribution is -2.36. The van der Waals surface area contributed by atoms with Crippen LogP contribution < -0.4 is 5.32 Å². The van der Waals surface area contributed by atoms with Crippen molar-refractivity contribution < 1.29 is 4.79 Å². The van der Waals surface area contributed by atoms with Crippen LogP contribution in [0, 0.1) is 5.92 Å². The third kappa shape index (κ3) is 4.56. The van der Waals surface area contributed by atoms with Gasteiger partial charge in [0.2, 0.25) is 0 Å². The zero-order chi connectivity index (χ0) is 21.2. The Morgan fingerprint density at radius 1 is 1.06 bits per heavy atom. The molecule has 2 aliphatic rings. The highest BCUT2D eigenvalue weighted by Crippen LogP contribution is 2.28. The minimum Gasteiger partial charge on any atom is -0.366 e. The number of nitrogens with one attached hydrogen (secondary N) is 1. The summed E-state index contributed by atoms with van der Waals surface area (Å²) >= 11 is 0. The van der Waals surface area contributed by atoms with Gasteiger partial charge in [-0.2, -0.15) is 0 Å². The van der Waals surface area contributed by atoms with Crippen molar-refractivity contribution in [3.05, 3.63) is 42.5 Å². The van der Waals surface area contributed by atoms with E-state index < -0.39 is 0 Å². The molecule has 0 radical (unpaired) electrons.